The molecule has 0 spiro atoms. The quantitative estimate of drug-likeness (QED) is 0.0243. The van der Waals surface area contributed by atoms with Crippen LogP contribution in [0, 0.1) is 0 Å². The summed E-state index contributed by atoms with van der Waals surface area (Å²) in [7, 11) is 0. The number of hydrogen-bond donors (Lipinski definition) is 3. The van der Waals surface area contributed by atoms with E-state index in [4.69, 9.17) is 19.3 Å². The minimum absolute atomic E-state index is 0.0324. The third kappa shape index (κ3) is 23.7. The van der Waals surface area contributed by atoms with Crippen LogP contribution in [0.3, 0.4) is 0 Å². The van der Waals surface area contributed by atoms with Crippen LogP contribution in [0.1, 0.15) is 72.8 Å². The molecule has 2 aliphatic heterocycles. The number of carbonyl (C=O) groups excluding carboxylic acids is 3. The molecule has 2 saturated heterocycles. The van der Waals surface area contributed by atoms with Gasteiger partial charge in [-0.05, 0) is 134 Å². The molecule has 3 N–H and O–H groups in total. The van der Waals surface area contributed by atoms with Gasteiger partial charge in [-0.15, -0.1) is 113 Å². The fourth-order valence-corrected chi connectivity index (χ4v) is 16.9. The van der Waals surface area contributed by atoms with Gasteiger partial charge in [0.1, 0.15) is 0 Å². The summed E-state index contributed by atoms with van der Waals surface area (Å²) in [4.78, 5) is 61.9. The Morgan fingerprint density at radius 3 is 1.17 bits per heavy atom. The number of hydrogen-bond acceptors (Lipinski definition) is 20. The maximum atomic E-state index is 12.3. The van der Waals surface area contributed by atoms with Gasteiger partial charge in [0.25, 0.3) is 0 Å². The van der Waals surface area contributed by atoms with E-state index in [9.17, 15) is 19.2 Å². The Balaban J connectivity index is 0.000000146. The number of morpholine rings is 2. The van der Waals surface area contributed by atoms with E-state index in [1.807, 2.05) is 158 Å². The summed E-state index contributed by atoms with van der Waals surface area (Å²) < 4.78 is 15.7. The van der Waals surface area contributed by atoms with E-state index in [1.54, 1.807) is 80.2 Å². The van der Waals surface area contributed by atoms with Gasteiger partial charge in [-0.2, -0.15) is 0 Å². The Kier molecular flexibility index (Phi) is 30.5. The molecule has 12 heterocycles. The summed E-state index contributed by atoms with van der Waals surface area (Å²) in [5.74, 6) is -0.540. The number of carboxylic acids is 1. The molecule has 0 saturated carbocycles. The number of carbonyl (C=O) groups is 4. The van der Waals surface area contributed by atoms with Crippen LogP contribution in [0.2, 0.25) is 0 Å². The predicted octanol–water partition coefficient (Wildman–Crippen LogP) is 16.1. The summed E-state index contributed by atoms with van der Waals surface area (Å²) in [6, 6.07) is 40.2. The average molecular weight is 1380 g/mol. The molecule has 2 fully saturated rings. The van der Waals surface area contributed by atoms with E-state index < -0.39 is 5.97 Å². The van der Waals surface area contributed by atoms with Gasteiger partial charge in [-0.1, -0.05) is 60.7 Å². The largest absolute Gasteiger partial charge is 0.478 e. The number of nitrogens with one attached hydrogen (secondary N) is 2. The molecule has 12 rings (SSSR count). The molecule has 89 heavy (non-hydrogen) atoms. The van der Waals surface area contributed by atoms with Crippen LogP contribution < -0.4 is 10.6 Å². The lowest BCUT2D eigenvalue weighted by Gasteiger charge is -2.26. The number of carboxylic acid groups (broad SMARTS) is 1. The molecule has 0 aliphatic carbocycles. The van der Waals surface area contributed by atoms with Crippen LogP contribution in [-0.4, -0.2) is 130 Å². The number of ether oxygens (including phenoxy) is 3. The molecule has 10 aromatic heterocycles. The Morgan fingerprint density at radius 2 is 0.820 bits per heavy atom. The first-order valence-electron chi connectivity index (χ1n) is 28.8. The number of amides is 1. The third-order valence-corrected chi connectivity index (χ3v) is 22.4. The molecule has 466 valence electrons. The van der Waals surface area contributed by atoms with Crippen LogP contribution in [0.4, 0.5) is 0 Å². The predicted molar refractivity (Wildman–Crippen MR) is 379 cm³/mol. The number of rotatable bonds is 23. The van der Waals surface area contributed by atoms with E-state index in [0.717, 1.165) is 135 Å². The average Bonchev–Trinajstić information content (AvgIpc) is 3.29. The van der Waals surface area contributed by atoms with Crippen molar-refractivity contribution in [3.63, 3.8) is 0 Å². The minimum atomic E-state index is -0.910. The van der Waals surface area contributed by atoms with Crippen LogP contribution in [0.15, 0.2) is 193 Å². The number of nitrogens with zero attached hydrogens (tertiary/aromatic N) is 2. The van der Waals surface area contributed by atoms with Gasteiger partial charge in [-0.25, -0.2) is 9.59 Å². The zero-order chi connectivity index (χ0) is 62.1. The summed E-state index contributed by atoms with van der Waals surface area (Å²) in [5.41, 5.74) is 2.72. The van der Waals surface area contributed by atoms with Gasteiger partial charge in [-0.3, -0.25) is 19.4 Å². The second kappa shape index (κ2) is 39.4. The van der Waals surface area contributed by atoms with E-state index in [0.29, 0.717) is 19.1 Å². The molecule has 0 aromatic carbocycles. The van der Waals surface area contributed by atoms with Crippen molar-refractivity contribution in [1.29, 1.82) is 0 Å². The molecule has 2 aliphatic rings. The smallest absolute Gasteiger partial charge is 0.331 e. The number of ketones is 1. The fourth-order valence-electron chi connectivity index (χ4n) is 8.93. The monoisotopic (exact) mass is 1380 g/mol. The molecular formula is C67H70N4O8S10. The minimum Gasteiger partial charge on any atom is -0.478 e. The highest BCUT2D eigenvalue weighted by molar-refractivity contribution is 7.16. The van der Waals surface area contributed by atoms with Crippen molar-refractivity contribution in [2.75, 3.05) is 91.9 Å². The molecule has 22 heteroatoms. The van der Waals surface area contributed by atoms with Gasteiger partial charge in [0.2, 0.25) is 11.7 Å². The van der Waals surface area contributed by atoms with Crippen LogP contribution in [0.5, 0.6) is 0 Å². The highest BCUT2D eigenvalue weighted by atomic mass is 32.1. The first-order valence-corrected chi connectivity index (χ1v) is 37.6. The number of aliphatic carboxylic acids is 1. The van der Waals surface area contributed by atoms with Gasteiger partial charge >= 0.3 is 11.9 Å². The molecule has 0 unspecified atom stereocenters. The summed E-state index contributed by atoms with van der Waals surface area (Å²) in [5, 5.41) is 35.6. The Bertz CT molecular complexity index is 3380. The molecule has 12 nitrogen and oxygen atoms in total. The van der Waals surface area contributed by atoms with Crippen molar-refractivity contribution in [3.05, 3.63) is 242 Å². The molecule has 0 bridgehead atoms. The topological polar surface area (TPSA) is 147 Å². The second-order valence-electron chi connectivity index (χ2n) is 19.2. The maximum Gasteiger partial charge on any atom is 0.331 e. The van der Waals surface area contributed by atoms with Crippen molar-refractivity contribution in [2.24, 2.45) is 0 Å². The summed E-state index contributed by atoms with van der Waals surface area (Å²) in [6.45, 7) is 14.4. The van der Waals surface area contributed by atoms with Crippen molar-refractivity contribution in [3.8, 4) is 0 Å². The van der Waals surface area contributed by atoms with Gasteiger partial charge in [0.05, 0.1) is 42.8 Å². The second-order valence-corrected chi connectivity index (χ2v) is 28.8. The fraction of sp³-hybridized carbons (Fsp3) is 0.254. The molecule has 10 aromatic rings. The number of esters is 1. The lowest BCUT2D eigenvalue weighted by Crippen LogP contribution is -2.41. The Labute approximate surface area is 561 Å². The lowest BCUT2D eigenvalue weighted by molar-refractivity contribution is -0.137. The highest BCUT2D eigenvalue weighted by Crippen LogP contribution is 2.35. The van der Waals surface area contributed by atoms with Crippen molar-refractivity contribution < 1.29 is 38.5 Å². The zero-order valence-electron chi connectivity index (χ0n) is 49.0. The van der Waals surface area contributed by atoms with Gasteiger partial charge in [0.15, 0.2) is 0 Å². The maximum absolute atomic E-state index is 12.3. The first kappa shape index (κ1) is 69.0. The number of thiophene rings is 10. The van der Waals surface area contributed by atoms with Gasteiger partial charge in [0, 0.05) is 132 Å². The SMILES string of the molecule is CCOC(=O)C=C(c1cccs1)c1cccs1.O=C(C=C(c1cccs1)c1cccs1)NCCN1CCOCC1.O=C(O)C=C(c1cccs1)c1cccs1.O=C(c1cccs1)c1cccs1.c1csc(C(CCNCCN2CCOCC2)c2cccs2)c1. The van der Waals surface area contributed by atoms with Crippen molar-refractivity contribution >= 4 is 154 Å². The van der Waals surface area contributed by atoms with E-state index in [-0.39, 0.29) is 17.7 Å². The third-order valence-electron chi connectivity index (χ3n) is 13.2. The standard InChI is InChI=1S/C17H20N2O2S2.C17H24N2OS2.C13H12O2S2.C11H8O2S2.C9H6OS2/c20-17(18-5-6-19-7-9-21-10-8-19)13-14(15-3-1-11-22-15)16-4-2-12-23-16;1-3-16(21-13-1)15(17-4-2-14-22-17)5-6-18-7-8-19-9-11-20-12-10-19;1-2-15-13(14)9-10(11-5-3-7-16-11)12-6-4-8-17-12;12-11(13)7-8(9-3-1-5-14-9)10-4-2-6-15-10;10-9(7-3-1-5-11-7)8-4-2-6-12-8/h1-4,11-13H,5-10H2,(H,18,20);1-4,13-15,18H,5-12H2;3-9H,2H2,1H3;1-7H,(H,12,13);1-6H. The van der Waals surface area contributed by atoms with Crippen LogP contribution >= 0.6 is 113 Å². The summed E-state index contributed by atoms with van der Waals surface area (Å²) >= 11 is 16.4. The van der Waals surface area contributed by atoms with E-state index in [1.165, 1.54) is 44.9 Å². The molecule has 0 radical (unpaired) electrons. The molecular weight excluding hydrogens is 1310 g/mol. The Morgan fingerprint density at radius 1 is 0.472 bits per heavy atom. The molecule has 0 atom stereocenters. The lowest BCUT2D eigenvalue weighted by atomic mass is 10.0. The van der Waals surface area contributed by atoms with E-state index in [2.05, 4.69) is 67.6 Å². The van der Waals surface area contributed by atoms with E-state index >= 15 is 0 Å². The van der Waals surface area contributed by atoms with Gasteiger partial charge < -0.3 is 30.0 Å². The van der Waals surface area contributed by atoms with Crippen LogP contribution in [-0.2, 0) is 28.6 Å². The van der Waals surface area contributed by atoms with Crippen molar-refractivity contribution in [1.82, 2.24) is 20.4 Å². The highest BCUT2D eigenvalue weighted by Gasteiger charge is 2.18. The normalized spacial score (nSPS) is 12.9. The van der Waals surface area contributed by atoms with Crippen LogP contribution in [0.25, 0.3) is 16.7 Å². The van der Waals surface area contributed by atoms with Crippen molar-refractivity contribution in [2.45, 2.75) is 19.3 Å². The first-order chi connectivity index (χ1) is 43.7. The Hall–Kier alpha value is -5.90. The zero-order valence-corrected chi connectivity index (χ0v) is 57.2. The molecule has 1 amide bonds. The summed E-state index contributed by atoms with van der Waals surface area (Å²) in [6.07, 6.45) is 5.72.